The molecule has 0 spiro atoms. The average molecular weight is 398 g/mol. The highest BCUT2D eigenvalue weighted by molar-refractivity contribution is 5.89. The van der Waals surface area contributed by atoms with Gasteiger partial charge in [-0.1, -0.05) is 18.2 Å². The molecule has 0 aliphatic heterocycles. The lowest BCUT2D eigenvalue weighted by Crippen LogP contribution is -2.47. The molecule has 2 aromatic carbocycles. The number of benzene rings is 2. The second-order valence-electron chi connectivity index (χ2n) is 6.35. The molecule has 0 aliphatic carbocycles. The number of fused-ring (bicyclic) bond motifs is 1. The van der Waals surface area contributed by atoms with E-state index in [2.05, 4.69) is 16.0 Å². The van der Waals surface area contributed by atoms with Crippen molar-refractivity contribution in [3.05, 3.63) is 70.4 Å². The molecule has 8 nitrogen and oxygen atoms in total. The second-order valence-corrected chi connectivity index (χ2v) is 6.35. The number of ether oxygens (including phenoxy) is 1. The lowest BCUT2D eigenvalue weighted by molar-refractivity contribution is -0.132. The van der Waals surface area contributed by atoms with Gasteiger partial charge in [0.25, 0.3) is 11.5 Å². The lowest BCUT2D eigenvalue weighted by Gasteiger charge is -2.15. The quantitative estimate of drug-likeness (QED) is 0.630. The Kier molecular flexibility index (Phi) is 5.87. The number of nitrogens with one attached hydrogen (secondary N) is 2. The van der Waals surface area contributed by atoms with E-state index in [1.807, 2.05) is 0 Å². The van der Waals surface area contributed by atoms with Gasteiger partial charge >= 0.3 is 0 Å². The maximum absolute atomic E-state index is 12.9. The first-order valence-corrected chi connectivity index (χ1v) is 8.81. The standard InChI is InChI=1S/C20H19FN4O4/c1-12(29-14-9-7-13(21)8-10-14)19(27)23-22-18(26)11-17-15-5-3-4-6-16(15)20(28)25(2)24-17/h3-10,12H,11H2,1-2H3,(H,22,26)(H,23,27)/t12-/m1/s1. The second kappa shape index (κ2) is 8.51. The van der Waals surface area contributed by atoms with Crippen LogP contribution >= 0.6 is 0 Å². The number of nitrogens with zero attached hydrogens (tertiary/aromatic N) is 2. The fourth-order valence-corrected chi connectivity index (χ4v) is 2.71. The lowest BCUT2D eigenvalue weighted by atomic mass is 10.1. The Bertz CT molecular complexity index is 1110. The summed E-state index contributed by atoms with van der Waals surface area (Å²) in [6.07, 6.45) is -1.06. The first-order chi connectivity index (χ1) is 13.8. The number of hydrogen-bond acceptors (Lipinski definition) is 5. The van der Waals surface area contributed by atoms with Crippen LogP contribution in [-0.4, -0.2) is 27.7 Å². The largest absolute Gasteiger partial charge is 0.481 e. The summed E-state index contributed by atoms with van der Waals surface area (Å²) >= 11 is 0. The summed E-state index contributed by atoms with van der Waals surface area (Å²) in [6, 6.07) is 12.1. The van der Waals surface area contributed by atoms with E-state index >= 15 is 0 Å². The van der Waals surface area contributed by atoms with Crippen molar-refractivity contribution in [1.29, 1.82) is 0 Å². The zero-order valence-corrected chi connectivity index (χ0v) is 15.8. The van der Waals surface area contributed by atoms with Crippen LogP contribution in [0.1, 0.15) is 12.6 Å². The molecule has 0 aliphatic rings. The SMILES string of the molecule is C[C@@H](Oc1ccc(F)cc1)C(=O)NNC(=O)Cc1nn(C)c(=O)c2ccccc12. The van der Waals surface area contributed by atoms with Gasteiger partial charge in [-0.05, 0) is 37.3 Å². The Labute approximate surface area is 165 Å². The fraction of sp³-hybridized carbons (Fsp3) is 0.200. The minimum atomic E-state index is -0.919. The van der Waals surface area contributed by atoms with Gasteiger partial charge in [-0.15, -0.1) is 0 Å². The van der Waals surface area contributed by atoms with E-state index in [9.17, 15) is 18.8 Å². The maximum Gasteiger partial charge on any atom is 0.279 e. The van der Waals surface area contributed by atoms with Crippen LogP contribution in [0.15, 0.2) is 53.3 Å². The highest BCUT2D eigenvalue weighted by Gasteiger charge is 2.17. The number of aryl methyl sites for hydroxylation is 1. The van der Waals surface area contributed by atoms with Crippen LogP contribution in [-0.2, 0) is 23.1 Å². The Hall–Kier alpha value is -3.75. The molecule has 3 rings (SSSR count). The molecule has 1 atom stereocenters. The predicted molar refractivity (Wildman–Crippen MR) is 103 cm³/mol. The van der Waals surface area contributed by atoms with Crippen LogP contribution in [0.5, 0.6) is 5.75 Å². The van der Waals surface area contributed by atoms with Crippen molar-refractivity contribution in [3.8, 4) is 5.75 Å². The number of hydrazine groups is 1. The highest BCUT2D eigenvalue weighted by Crippen LogP contribution is 2.14. The molecule has 2 N–H and O–H groups in total. The molecule has 0 unspecified atom stereocenters. The zero-order valence-electron chi connectivity index (χ0n) is 15.8. The summed E-state index contributed by atoms with van der Waals surface area (Å²) in [6.45, 7) is 1.49. The van der Waals surface area contributed by atoms with Gasteiger partial charge in [-0.25, -0.2) is 9.07 Å². The summed E-state index contributed by atoms with van der Waals surface area (Å²) in [4.78, 5) is 36.5. The van der Waals surface area contributed by atoms with E-state index in [0.717, 1.165) is 0 Å². The molecule has 0 saturated heterocycles. The van der Waals surface area contributed by atoms with E-state index < -0.39 is 23.7 Å². The van der Waals surface area contributed by atoms with Crippen molar-refractivity contribution < 1.29 is 18.7 Å². The third-order valence-electron chi connectivity index (χ3n) is 4.18. The van der Waals surface area contributed by atoms with Gasteiger partial charge in [-0.2, -0.15) is 5.10 Å². The summed E-state index contributed by atoms with van der Waals surface area (Å²) in [5, 5.41) is 5.17. The van der Waals surface area contributed by atoms with E-state index in [1.165, 1.54) is 42.9 Å². The van der Waals surface area contributed by atoms with Gasteiger partial charge in [0, 0.05) is 12.4 Å². The topological polar surface area (TPSA) is 102 Å². The smallest absolute Gasteiger partial charge is 0.279 e. The Morgan fingerprint density at radius 1 is 1.10 bits per heavy atom. The van der Waals surface area contributed by atoms with Gasteiger partial charge in [0.2, 0.25) is 5.91 Å². The van der Waals surface area contributed by atoms with Gasteiger partial charge in [0.15, 0.2) is 6.10 Å². The molecule has 29 heavy (non-hydrogen) atoms. The predicted octanol–water partition coefficient (Wildman–Crippen LogP) is 1.23. The first kappa shape index (κ1) is 20.0. The molecule has 0 radical (unpaired) electrons. The number of rotatable bonds is 5. The van der Waals surface area contributed by atoms with E-state index in [-0.39, 0.29) is 12.0 Å². The molecule has 1 heterocycles. The van der Waals surface area contributed by atoms with Crippen LogP contribution in [0.25, 0.3) is 10.8 Å². The van der Waals surface area contributed by atoms with Crippen molar-refractivity contribution in [2.75, 3.05) is 0 Å². The zero-order chi connectivity index (χ0) is 21.0. The van der Waals surface area contributed by atoms with Crippen molar-refractivity contribution in [3.63, 3.8) is 0 Å². The third-order valence-corrected chi connectivity index (χ3v) is 4.18. The number of amides is 2. The maximum atomic E-state index is 12.9. The summed E-state index contributed by atoms with van der Waals surface area (Å²) in [5.41, 5.74) is 4.72. The van der Waals surface area contributed by atoms with Crippen LogP contribution in [0.2, 0.25) is 0 Å². The summed E-state index contributed by atoms with van der Waals surface area (Å²) in [5.74, 6) is -1.19. The number of aromatic nitrogens is 2. The molecular formula is C20H19FN4O4. The third kappa shape index (κ3) is 4.75. The highest BCUT2D eigenvalue weighted by atomic mass is 19.1. The number of carbonyl (C=O) groups is 2. The molecule has 0 bridgehead atoms. The molecule has 1 aromatic heterocycles. The first-order valence-electron chi connectivity index (χ1n) is 8.81. The van der Waals surface area contributed by atoms with E-state index in [0.29, 0.717) is 22.2 Å². The Balaban J connectivity index is 1.60. The van der Waals surface area contributed by atoms with Crippen molar-refractivity contribution in [2.24, 2.45) is 7.05 Å². The van der Waals surface area contributed by atoms with Crippen LogP contribution in [0.3, 0.4) is 0 Å². The van der Waals surface area contributed by atoms with Gasteiger partial charge in [-0.3, -0.25) is 25.2 Å². The minimum absolute atomic E-state index is 0.137. The molecule has 150 valence electrons. The molecular weight excluding hydrogens is 379 g/mol. The van der Waals surface area contributed by atoms with E-state index in [1.54, 1.807) is 24.3 Å². The van der Waals surface area contributed by atoms with Gasteiger partial charge in [0.05, 0.1) is 17.5 Å². The molecule has 9 heteroatoms. The van der Waals surface area contributed by atoms with Crippen LogP contribution < -0.4 is 21.1 Å². The minimum Gasteiger partial charge on any atom is -0.481 e. The van der Waals surface area contributed by atoms with Crippen molar-refractivity contribution in [1.82, 2.24) is 20.6 Å². The summed E-state index contributed by atoms with van der Waals surface area (Å²) < 4.78 is 19.5. The number of carbonyl (C=O) groups excluding carboxylic acids is 2. The molecule has 2 amide bonds. The fourth-order valence-electron chi connectivity index (χ4n) is 2.71. The normalized spacial score (nSPS) is 11.7. The molecule has 3 aromatic rings. The van der Waals surface area contributed by atoms with Crippen molar-refractivity contribution >= 4 is 22.6 Å². The molecule has 0 fully saturated rings. The number of hydrogen-bond donors (Lipinski definition) is 2. The van der Waals surface area contributed by atoms with Crippen molar-refractivity contribution in [2.45, 2.75) is 19.4 Å². The van der Waals surface area contributed by atoms with Crippen LogP contribution in [0, 0.1) is 5.82 Å². The summed E-state index contributed by atoms with van der Waals surface area (Å²) in [7, 11) is 1.51. The van der Waals surface area contributed by atoms with Gasteiger partial charge in [0.1, 0.15) is 11.6 Å². The monoisotopic (exact) mass is 398 g/mol. The van der Waals surface area contributed by atoms with Crippen LogP contribution in [0.4, 0.5) is 4.39 Å². The Morgan fingerprint density at radius 3 is 2.45 bits per heavy atom. The van der Waals surface area contributed by atoms with E-state index in [4.69, 9.17) is 4.74 Å². The number of halogens is 1. The molecule has 0 saturated carbocycles. The van der Waals surface area contributed by atoms with Gasteiger partial charge < -0.3 is 4.74 Å². The average Bonchev–Trinajstić information content (AvgIpc) is 2.71. The Morgan fingerprint density at radius 2 is 1.76 bits per heavy atom.